The molecule has 3 rings (SSSR count). The lowest BCUT2D eigenvalue weighted by Crippen LogP contribution is -2.39. The van der Waals surface area contributed by atoms with Crippen molar-refractivity contribution in [1.82, 2.24) is 10.0 Å². The van der Waals surface area contributed by atoms with Crippen LogP contribution < -0.4 is 15.2 Å². The van der Waals surface area contributed by atoms with E-state index in [-0.39, 0.29) is 28.1 Å². The van der Waals surface area contributed by atoms with Gasteiger partial charge < -0.3 is 5.32 Å². The van der Waals surface area contributed by atoms with E-state index in [1.165, 1.54) is 24.3 Å². The smallest absolute Gasteiger partial charge is 0.263 e. The fraction of sp³-hybridized carbons (Fsp3) is 0.300. The van der Waals surface area contributed by atoms with Crippen molar-refractivity contribution < 1.29 is 21.6 Å². The highest BCUT2D eigenvalue weighted by atomic mass is 32.2. The van der Waals surface area contributed by atoms with Crippen molar-refractivity contribution in [2.45, 2.75) is 42.6 Å². The molecule has 0 aliphatic carbocycles. The first-order valence-electron chi connectivity index (χ1n) is 9.62. The van der Waals surface area contributed by atoms with E-state index in [2.05, 4.69) is 15.0 Å². The van der Waals surface area contributed by atoms with Gasteiger partial charge in [-0.3, -0.25) is 14.5 Å². The number of amidine groups is 1. The third-order valence-electron chi connectivity index (χ3n) is 5.08. The van der Waals surface area contributed by atoms with E-state index in [0.717, 1.165) is 0 Å². The fourth-order valence-electron chi connectivity index (χ4n) is 3.16. The molecule has 4 N–H and O–H groups in total. The first kappa shape index (κ1) is 22.9. The maximum atomic E-state index is 12.9. The SMILES string of the molecule is CC[C@H](C)[C@H](N=C1NS(=O)(=O)c2ccccc21)C(=O)NCc1cccc(S(N)(=O)=O)c1. The summed E-state index contributed by atoms with van der Waals surface area (Å²) in [4.78, 5) is 17.4. The highest BCUT2D eigenvalue weighted by Gasteiger charge is 2.33. The van der Waals surface area contributed by atoms with Gasteiger partial charge in [-0.15, -0.1) is 0 Å². The molecular weight excluding hydrogens is 440 g/mol. The number of nitrogens with two attached hydrogens (primary N) is 1. The van der Waals surface area contributed by atoms with Crippen molar-refractivity contribution in [3.8, 4) is 0 Å². The number of rotatable bonds is 7. The lowest BCUT2D eigenvalue weighted by atomic mass is 9.98. The van der Waals surface area contributed by atoms with Crippen LogP contribution >= 0.6 is 0 Å². The molecule has 9 nitrogen and oxygen atoms in total. The van der Waals surface area contributed by atoms with Gasteiger partial charge >= 0.3 is 0 Å². The van der Waals surface area contributed by atoms with E-state index in [0.29, 0.717) is 17.5 Å². The van der Waals surface area contributed by atoms with Crippen molar-refractivity contribution in [2.75, 3.05) is 0 Å². The van der Waals surface area contributed by atoms with Gasteiger partial charge in [-0.2, -0.15) is 0 Å². The molecule has 0 radical (unpaired) electrons. The molecule has 0 saturated heterocycles. The summed E-state index contributed by atoms with van der Waals surface area (Å²) in [7, 11) is -7.57. The maximum Gasteiger partial charge on any atom is 0.263 e. The quantitative estimate of drug-likeness (QED) is 0.561. The highest BCUT2D eigenvalue weighted by molar-refractivity contribution is 7.90. The Kier molecular flexibility index (Phi) is 6.48. The fourth-order valence-corrected chi connectivity index (χ4v) is 4.99. The first-order valence-corrected chi connectivity index (χ1v) is 12.7. The van der Waals surface area contributed by atoms with Gasteiger partial charge in [-0.05, 0) is 35.7 Å². The predicted octanol–water partition coefficient (Wildman–Crippen LogP) is 1.10. The van der Waals surface area contributed by atoms with Crippen molar-refractivity contribution >= 4 is 31.8 Å². The molecule has 0 bridgehead atoms. The molecular formula is C20H24N4O5S2. The van der Waals surface area contributed by atoms with E-state index in [9.17, 15) is 21.6 Å². The van der Waals surface area contributed by atoms with Crippen LogP contribution in [0.25, 0.3) is 0 Å². The average Bonchev–Trinajstić information content (AvgIpc) is 2.99. The molecule has 0 aromatic heterocycles. The van der Waals surface area contributed by atoms with Gasteiger partial charge in [-0.25, -0.2) is 22.0 Å². The molecule has 2 atom stereocenters. The number of hydrogen-bond acceptors (Lipinski definition) is 6. The van der Waals surface area contributed by atoms with Crippen molar-refractivity contribution in [3.63, 3.8) is 0 Å². The van der Waals surface area contributed by atoms with Crippen LogP contribution in [0.4, 0.5) is 0 Å². The predicted molar refractivity (Wildman–Crippen MR) is 116 cm³/mol. The Morgan fingerprint density at radius 1 is 1.19 bits per heavy atom. The zero-order chi connectivity index (χ0) is 22.8. The Morgan fingerprint density at radius 3 is 2.58 bits per heavy atom. The van der Waals surface area contributed by atoms with Gasteiger partial charge in [0.1, 0.15) is 11.9 Å². The normalized spacial score (nSPS) is 18.1. The third-order valence-corrected chi connectivity index (χ3v) is 7.38. The summed E-state index contributed by atoms with van der Waals surface area (Å²) in [5.74, 6) is -0.431. The minimum absolute atomic E-state index is 0.0464. The largest absolute Gasteiger partial charge is 0.350 e. The average molecular weight is 465 g/mol. The van der Waals surface area contributed by atoms with Crippen molar-refractivity contribution in [3.05, 3.63) is 59.7 Å². The Labute approximate surface area is 181 Å². The number of aliphatic imine (C=N–C) groups is 1. The molecule has 1 aliphatic rings. The van der Waals surface area contributed by atoms with E-state index >= 15 is 0 Å². The van der Waals surface area contributed by atoms with Gasteiger partial charge in [0, 0.05) is 12.1 Å². The molecule has 1 amide bonds. The molecule has 1 heterocycles. The van der Waals surface area contributed by atoms with Crippen molar-refractivity contribution in [2.24, 2.45) is 16.0 Å². The van der Waals surface area contributed by atoms with Crippen LogP contribution in [0.15, 0.2) is 63.3 Å². The molecule has 31 heavy (non-hydrogen) atoms. The van der Waals surface area contributed by atoms with E-state index < -0.39 is 32.0 Å². The number of carbonyl (C=O) groups is 1. The number of carbonyl (C=O) groups excluding carboxylic acids is 1. The monoisotopic (exact) mass is 464 g/mol. The highest BCUT2D eigenvalue weighted by Crippen LogP contribution is 2.24. The van der Waals surface area contributed by atoms with Crippen LogP contribution in [0.1, 0.15) is 31.4 Å². The number of fused-ring (bicyclic) bond motifs is 1. The van der Waals surface area contributed by atoms with Crippen LogP contribution in [-0.4, -0.2) is 34.6 Å². The molecule has 2 aromatic carbocycles. The number of benzene rings is 2. The summed E-state index contributed by atoms with van der Waals surface area (Å²) in [5.41, 5.74) is 0.979. The molecule has 0 spiro atoms. The van der Waals surface area contributed by atoms with Crippen molar-refractivity contribution in [1.29, 1.82) is 0 Å². The van der Waals surface area contributed by atoms with Crippen LogP contribution in [0.5, 0.6) is 0 Å². The number of amides is 1. The zero-order valence-electron chi connectivity index (χ0n) is 17.1. The van der Waals surface area contributed by atoms with Gasteiger partial charge in [-0.1, -0.05) is 44.5 Å². The Balaban J connectivity index is 1.84. The Hall–Kier alpha value is -2.76. The van der Waals surface area contributed by atoms with Crippen LogP contribution in [0, 0.1) is 5.92 Å². The van der Waals surface area contributed by atoms with E-state index in [4.69, 9.17) is 5.14 Å². The minimum atomic E-state index is -3.85. The molecule has 1 aliphatic heterocycles. The lowest BCUT2D eigenvalue weighted by molar-refractivity contribution is -0.123. The van der Waals surface area contributed by atoms with E-state index in [1.807, 2.05) is 13.8 Å². The molecule has 166 valence electrons. The summed E-state index contributed by atoms with van der Waals surface area (Å²) in [6.45, 7) is 3.83. The standard InChI is InChI=1S/C20H24N4O5S2/c1-3-13(2)18(23-19-16-9-4-5-10-17(16)31(28,29)24-19)20(25)22-12-14-7-6-8-15(11-14)30(21,26)27/h4-11,13,18H,3,12H2,1-2H3,(H,22,25)(H,23,24)(H2,21,26,27)/t13-,18-/m0/s1. The third kappa shape index (κ3) is 5.12. The molecule has 0 unspecified atom stereocenters. The number of nitrogens with zero attached hydrogens (tertiary/aromatic N) is 1. The summed E-state index contributed by atoms with van der Waals surface area (Å²) in [6.07, 6.45) is 0.643. The number of nitrogens with one attached hydrogen (secondary N) is 2. The summed E-state index contributed by atoms with van der Waals surface area (Å²) < 4.78 is 50.1. The second-order valence-corrected chi connectivity index (χ2v) is 10.5. The maximum absolute atomic E-state index is 12.9. The topological polar surface area (TPSA) is 148 Å². The molecule has 11 heteroatoms. The molecule has 0 fully saturated rings. The molecule has 2 aromatic rings. The van der Waals surface area contributed by atoms with Crippen LogP contribution in [0.3, 0.4) is 0 Å². The Morgan fingerprint density at radius 2 is 1.90 bits per heavy atom. The second kappa shape index (κ2) is 8.77. The zero-order valence-corrected chi connectivity index (χ0v) is 18.7. The summed E-state index contributed by atoms with van der Waals surface area (Å²) in [6, 6.07) is 11.6. The van der Waals surface area contributed by atoms with Crippen LogP contribution in [0.2, 0.25) is 0 Å². The van der Waals surface area contributed by atoms with Gasteiger partial charge in [0.15, 0.2) is 0 Å². The lowest BCUT2D eigenvalue weighted by Gasteiger charge is -2.19. The Bertz CT molecular complexity index is 1240. The molecule has 0 saturated carbocycles. The number of hydrogen-bond donors (Lipinski definition) is 3. The summed E-state index contributed by atoms with van der Waals surface area (Å²) in [5, 5.41) is 7.90. The van der Waals surface area contributed by atoms with Gasteiger partial charge in [0.2, 0.25) is 15.9 Å². The number of primary sulfonamides is 1. The first-order chi connectivity index (χ1) is 14.5. The van der Waals surface area contributed by atoms with Gasteiger partial charge in [0.05, 0.1) is 9.79 Å². The minimum Gasteiger partial charge on any atom is -0.350 e. The van der Waals surface area contributed by atoms with E-state index in [1.54, 1.807) is 24.3 Å². The number of sulfonamides is 2. The second-order valence-electron chi connectivity index (χ2n) is 7.32. The summed E-state index contributed by atoms with van der Waals surface area (Å²) >= 11 is 0. The van der Waals surface area contributed by atoms with Crippen LogP contribution in [-0.2, 0) is 31.4 Å². The van der Waals surface area contributed by atoms with Gasteiger partial charge in [0.25, 0.3) is 10.0 Å².